The van der Waals surface area contributed by atoms with E-state index < -0.39 is 5.82 Å². The Bertz CT molecular complexity index is 593. The molecule has 6 heteroatoms. The normalized spacial score (nSPS) is 10.0. The van der Waals surface area contributed by atoms with Crippen molar-refractivity contribution in [1.82, 2.24) is 5.32 Å². The van der Waals surface area contributed by atoms with Crippen molar-refractivity contribution in [2.45, 2.75) is 6.54 Å². The molecule has 0 fully saturated rings. The van der Waals surface area contributed by atoms with Gasteiger partial charge in [-0.25, -0.2) is 4.39 Å². The first-order chi connectivity index (χ1) is 9.10. The fourth-order valence-corrected chi connectivity index (χ4v) is 1.96. The zero-order valence-corrected chi connectivity index (χ0v) is 12.9. The minimum Gasteiger partial charge on any atom is -0.457 e. The average molecular weight is 337 g/mol. The van der Waals surface area contributed by atoms with Crippen LogP contribution >= 0.6 is 35.6 Å². The third-order valence-electron chi connectivity index (χ3n) is 2.52. The van der Waals surface area contributed by atoms with E-state index in [1.165, 1.54) is 18.2 Å². The second kappa shape index (κ2) is 7.70. The Kier molecular flexibility index (Phi) is 6.56. The molecule has 0 unspecified atom stereocenters. The third-order valence-corrected chi connectivity index (χ3v) is 3.04. The van der Waals surface area contributed by atoms with Gasteiger partial charge in [0.25, 0.3) is 0 Å². The molecule has 0 aliphatic carbocycles. The predicted molar refractivity (Wildman–Crippen MR) is 82.9 cm³/mol. The Balaban J connectivity index is 0.00000200. The van der Waals surface area contributed by atoms with E-state index in [1.54, 1.807) is 12.1 Å². The number of ether oxygens (including phenoxy) is 1. The van der Waals surface area contributed by atoms with Crippen LogP contribution in [0.1, 0.15) is 5.56 Å². The van der Waals surface area contributed by atoms with Crippen LogP contribution in [0.3, 0.4) is 0 Å². The van der Waals surface area contributed by atoms with E-state index in [4.69, 9.17) is 27.9 Å². The smallest absolute Gasteiger partial charge is 0.142 e. The first-order valence-corrected chi connectivity index (χ1v) is 6.41. The van der Waals surface area contributed by atoms with Crippen LogP contribution in [0.15, 0.2) is 36.4 Å². The second-order valence-electron chi connectivity index (χ2n) is 3.96. The van der Waals surface area contributed by atoms with Gasteiger partial charge in [-0.1, -0.05) is 29.3 Å². The summed E-state index contributed by atoms with van der Waals surface area (Å²) in [5, 5.41) is 3.64. The van der Waals surface area contributed by atoms with E-state index in [9.17, 15) is 4.39 Å². The molecule has 2 rings (SSSR count). The third kappa shape index (κ3) is 4.25. The van der Waals surface area contributed by atoms with Gasteiger partial charge >= 0.3 is 0 Å². The molecule has 108 valence electrons. The lowest BCUT2D eigenvalue weighted by atomic mass is 10.2. The Labute approximate surface area is 133 Å². The monoisotopic (exact) mass is 335 g/mol. The zero-order chi connectivity index (χ0) is 13.8. The highest BCUT2D eigenvalue weighted by atomic mass is 35.5. The van der Waals surface area contributed by atoms with Gasteiger partial charge in [0, 0.05) is 23.2 Å². The summed E-state index contributed by atoms with van der Waals surface area (Å²) in [5.41, 5.74) is 0.951. The summed E-state index contributed by atoms with van der Waals surface area (Å²) in [4.78, 5) is 0. The number of benzene rings is 2. The van der Waals surface area contributed by atoms with E-state index in [2.05, 4.69) is 5.32 Å². The Morgan fingerprint density at radius 1 is 1.15 bits per heavy atom. The molecule has 2 aromatic rings. The fraction of sp³-hybridized carbons (Fsp3) is 0.143. The fourth-order valence-electron chi connectivity index (χ4n) is 1.63. The topological polar surface area (TPSA) is 21.3 Å². The van der Waals surface area contributed by atoms with Crippen LogP contribution in [0.2, 0.25) is 10.0 Å². The van der Waals surface area contributed by atoms with Crippen LogP contribution in [-0.2, 0) is 6.54 Å². The van der Waals surface area contributed by atoms with Crippen molar-refractivity contribution in [2.75, 3.05) is 7.05 Å². The van der Waals surface area contributed by atoms with Gasteiger partial charge in [0.2, 0.25) is 0 Å². The van der Waals surface area contributed by atoms with Crippen molar-refractivity contribution in [3.05, 3.63) is 57.8 Å². The van der Waals surface area contributed by atoms with Crippen LogP contribution in [0.25, 0.3) is 0 Å². The average Bonchev–Trinajstić information content (AvgIpc) is 2.37. The maximum absolute atomic E-state index is 13.1. The van der Waals surface area contributed by atoms with Gasteiger partial charge in [0.15, 0.2) is 0 Å². The van der Waals surface area contributed by atoms with Gasteiger partial charge in [0.05, 0.1) is 5.02 Å². The highest BCUT2D eigenvalue weighted by Gasteiger charge is 2.07. The van der Waals surface area contributed by atoms with Crippen molar-refractivity contribution in [1.29, 1.82) is 0 Å². The number of rotatable bonds is 4. The maximum atomic E-state index is 13.1. The van der Waals surface area contributed by atoms with Crippen LogP contribution in [0.5, 0.6) is 11.5 Å². The first kappa shape index (κ1) is 17.1. The molecule has 0 heterocycles. The van der Waals surface area contributed by atoms with Gasteiger partial charge in [-0.05, 0) is 31.3 Å². The van der Waals surface area contributed by atoms with Gasteiger partial charge in [-0.2, -0.15) is 0 Å². The molecule has 0 amide bonds. The molecule has 1 N–H and O–H groups in total. The number of hydrogen-bond acceptors (Lipinski definition) is 2. The summed E-state index contributed by atoms with van der Waals surface area (Å²) in [6, 6.07) is 9.59. The Hall–Kier alpha value is -1.00. The lowest BCUT2D eigenvalue weighted by molar-refractivity contribution is 0.472. The van der Waals surface area contributed by atoms with Crippen molar-refractivity contribution in [2.24, 2.45) is 0 Å². The summed E-state index contributed by atoms with van der Waals surface area (Å²) in [5.74, 6) is 0.603. The van der Waals surface area contributed by atoms with E-state index in [0.29, 0.717) is 23.1 Å². The van der Waals surface area contributed by atoms with Gasteiger partial charge in [-0.3, -0.25) is 0 Å². The summed E-state index contributed by atoms with van der Waals surface area (Å²) in [6.07, 6.45) is 0. The molecule has 0 saturated heterocycles. The number of halogens is 4. The van der Waals surface area contributed by atoms with Gasteiger partial charge in [-0.15, -0.1) is 12.4 Å². The van der Waals surface area contributed by atoms with E-state index in [-0.39, 0.29) is 17.4 Å². The maximum Gasteiger partial charge on any atom is 0.142 e. The van der Waals surface area contributed by atoms with Crippen LogP contribution in [-0.4, -0.2) is 7.05 Å². The molecule has 0 bridgehead atoms. The number of nitrogens with one attached hydrogen (secondary N) is 1. The first-order valence-electron chi connectivity index (χ1n) is 5.66. The van der Waals surface area contributed by atoms with Crippen molar-refractivity contribution in [3.8, 4) is 11.5 Å². The molecule has 0 spiro atoms. The van der Waals surface area contributed by atoms with Crippen molar-refractivity contribution in [3.63, 3.8) is 0 Å². The SMILES string of the molecule is CNCc1ccc(Cl)cc1Oc1ccc(F)c(Cl)c1.Cl. The molecular weight excluding hydrogens is 324 g/mol. The molecule has 0 aliphatic heterocycles. The summed E-state index contributed by atoms with van der Waals surface area (Å²) in [6.45, 7) is 0.640. The number of hydrogen-bond donors (Lipinski definition) is 1. The molecule has 2 aromatic carbocycles. The van der Waals surface area contributed by atoms with Crippen molar-refractivity contribution < 1.29 is 9.13 Å². The van der Waals surface area contributed by atoms with Crippen LogP contribution in [0, 0.1) is 5.82 Å². The molecule has 20 heavy (non-hydrogen) atoms. The van der Waals surface area contributed by atoms with Gasteiger partial charge in [0.1, 0.15) is 17.3 Å². The minimum atomic E-state index is -0.476. The van der Waals surface area contributed by atoms with E-state index >= 15 is 0 Å². The van der Waals surface area contributed by atoms with E-state index in [1.807, 2.05) is 13.1 Å². The largest absolute Gasteiger partial charge is 0.457 e. The standard InChI is InChI=1S/C14H12Cl2FNO.ClH/c1-18-8-9-2-3-10(15)6-14(9)19-11-4-5-13(17)12(16)7-11;/h2-7,18H,8H2,1H3;1H. The highest BCUT2D eigenvalue weighted by molar-refractivity contribution is 6.31. The van der Waals surface area contributed by atoms with E-state index in [0.717, 1.165) is 5.56 Å². The van der Waals surface area contributed by atoms with Crippen LogP contribution in [0.4, 0.5) is 4.39 Å². The lowest BCUT2D eigenvalue weighted by Crippen LogP contribution is -2.06. The Morgan fingerprint density at radius 2 is 1.90 bits per heavy atom. The molecule has 0 saturated carbocycles. The zero-order valence-electron chi connectivity index (χ0n) is 10.6. The van der Waals surface area contributed by atoms with Crippen molar-refractivity contribution >= 4 is 35.6 Å². The molecule has 0 atom stereocenters. The van der Waals surface area contributed by atoms with Gasteiger partial charge < -0.3 is 10.1 Å². The summed E-state index contributed by atoms with van der Waals surface area (Å²) >= 11 is 11.7. The highest BCUT2D eigenvalue weighted by Crippen LogP contribution is 2.30. The minimum absolute atomic E-state index is 0. The second-order valence-corrected chi connectivity index (χ2v) is 4.80. The molecule has 0 aliphatic rings. The molecular formula is C14H13Cl3FNO. The van der Waals surface area contributed by atoms with Crippen LogP contribution < -0.4 is 10.1 Å². The summed E-state index contributed by atoms with van der Waals surface area (Å²) < 4.78 is 18.8. The quantitative estimate of drug-likeness (QED) is 0.842. The summed E-state index contributed by atoms with van der Waals surface area (Å²) in [7, 11) is 1.84. The lowest BCUT2D eigenvalue weighted by Gasteiger charge is -2.12. The molecule has 2 nitrogen and oxygen atoms in total. The molecule has 0 aromatic heterocycles. The Morgan fingerprint density at radius 3 is 2.55 bits per heavy atom. The molecule has 0 radical (unpaired) electrons. The predicted octanol–water partition coefficient (Wildman–Crippen LogP) is 5.07.